The number of methoxy groups -OCH3 is 1. The van der Waals surface area contributed by atoms with Crippen molar-refractivity contribution in [3.8, 4) is 11.5 Å². The monoisotopic (exact) mass is 400 g/mol. The van der Waals surface area contributed by atoms with Crippen LogP contribution in [0.15, 0.2) is 24.3 Å². The maximum Gasteiger partial charge on any atom is 0.244 e. The van der Waals surface area contributed by atoms with Crippen LogP contribution in [0.25, 0.3) is 6.08 Å². The van der Waals surface area contributed by atoms with E-state index in [0.29, 0.717) is 12.4 Å². The van der Waals surface area contributed by atoms with Gasteiger partial charge in [-0.3, -0.25) is 4.79 Å². The summed E-state index contributed by atoms with van der Waals surface area (Å²) in [5.74, 6) is 2.31. The van der Waals surface area contributed by atoms with Crippen LogP contribution < -0.4 is 14.8 Å². The fraction of sp³-hybridized carbons (Fsp3) is 0.625. The molecule has 0 aromatic heterocycles. The van der Waals surface area contributed by atoms with Crippen LogP contribution in [0, 0.1) is 5.92 Å². The van der Waals surface area contributed by atoms with Crippen molar-refractivity contribution < 1.29 is 14.3 Å². The van der Waals surface area contributed by atoms with Gasteiger partial charge in [0, 0.05) is 31.8 Å². The van der Waals surface area contributed by atoms with Gasteiger partial charge in [-0.25, -0.2) is 0 Å². The van der Waals surface area contributed by atoms with Gasteiger partial charge < -0.3 is 19.7 Å². The van der Waals surface area contributed by atoms with Gasteiger partial charge in [0.15, 0.2) is 11.5 Å². The van der Waals surface area contributed by atoms with Gasteiger partial charge in [-0.15, -0.1) is 0 Å². The van der Waals surface area contributed by atoms with E-state index in [1.165, 1.54) is 32.2 Å². The third-order valence-corrected chi connectivity index (χ3v) is 6.00. The maximum absolute atomic E-state index is 12.3. The largest absolute Gasteiger partial charge is 0.493 e. The number of piperidine rings is 1. The lowest BCUT2D eigenvalue weighted by Gasteiger charge is -2.33. The van der Waals surface area contributed by atoms with Crippen LogP contribution in [0.4, 0.5) is 0 Å². The highest BCUT2D eigenvalue weighted by Crippen LogP contribution is 2.29. The quantitative estimate of drug-likeness (QED) is 0.629. The number of ether oxygens (including phenoxy) is 2. The number of hydrogen-bond donors (Lipinski definition) is 1. The third-order valence-electron chi connectivity index (χ3n) is 6.00. The minimum absolute atomic E-state index is 0.0236. The highest BCUT2D eigenvalue weighted by Gasteiger charge is 2.23. The zero-order chi connectivity index (χ0) is 20.5. The van der Waals surface area contributed by atoms with Crippen LogP contribution in [0.5, 0.6) is 11.5 Å². The first-order valence-corrected chi connectivity index (χ1v) is 11.2. The molecule has 1 aliphatic heterocycles. The molecule has 0 radical (unpaired) electrons. The van der Waals surface area contributed by atoms with Gasteiger partial charge in [-0.1, -0.05) is 25.8 Å². The average Bonchev–Trinajstić information content (AvgIpc) is 3.25. The van der Waals surface area contributed by atoms with Gasteiger partial charge >= 0.3 is 0 Å². The lowest BCUT2D eigenvalue weighted by Crippen LogP contribution is -2.45. The highest BCUT2D eigenvalue weighted by atomic mass is 16.5. The molecule has 1 aromatic rings. The lowest BCUT2D eigenvalue weighted by atomic mass is 10.0. The molecule has 1 heterocycles. The maximum atomic E-state index is 12.3. The predicted molar refractivity (Wildman–Crippen MR) is 117 cm³/mol. The molecule has 1 saturated heterocycles. The first-order valence-electron chi connectivity index (χ1n) is 11.2. The molecule has 29 heavy (non-hydrogen) atoms. The second kappa shape index (κ2) is 11.2. The number of benzene rings is 1. The summed E-state index contributed by atoms with van der Waals surface area (Å²) < 4.78 is 11.1. The molecule has 0 atom stereocenters. The standard InChI is InChI=1S/C24H36N2O3/c1-3-16-29-22-10-8-19(17-23(22)28-2)9-11-24(27)25-21-12-14-26(15-13-21)18-20-6-4-5-7-20/h8-11,17,20-21H,3-7,12-16,18H2,1-2H3,(H,25,27)/b11-9+. The van der Waals surface area contributed by atoms with Crippen molar-refractivity contribution in [1.82, 2.24) is 10.2 Å². The van der Waals surface area contributed by atoms with Gasteiger partial charge in [-0.05, 0) is 61.8 Å². The fourth-order valence-corrected chi connectivity index (χ4v) is 4.36. The second-order valence-corrected chi connectivity index (χ2v) is 8.33. The summed E-state index contributed by atoms with van der Waals surface area (Å²) >= 11 is 0. The SMILES string of the molecule is CCCOc1ccc(/C=C/C(=O)NC2CCN(CC3CCCC3)CC2)cc1OC. The van der Waals surface area contributed by atoms with Crippen LogP contribution in [0.1, 0.15) is 57.4 Å². The Labute approximate surface area is 175 Å². The molecule has 0 unspecified atom stereocenters. The van der Waals surface area contributed by atoms with E-state index >= 15 is 0 Å². The summed E-state index contributed by atoms with van der Waals surface area (Å²) in [5, 5.41) is 3.16. The van der Waals surface area contributed by atoms with Gasteiger partial charge in [0.25, 0.3) is 0 Å². The fourth-order valence-electron chi connectivity index (χ4n) is 4.36. The van der Waals surface area contributed by atoms with Crippen molar-refractivity contribution in [2.45, 2.75) is 57.9 Å². The van der Waals surface area contributed by atoms with E-state index in [-0.39, 0.29) is 11.9 Å². The number of rotatable bonds is 9. The smallest absolute Gasteiger partial charge is 0.244 e. The number of hydrogen-bond acceptors (Lipinski definition) is 4. The number of carbonyl (C=O) groups is 1. The third kappa shape index (κ3) is 6.77. The summed E-state index contributed by atoms with van der Waals surface area (Å²) in [6.45, 7) is 6.18. The minimum atomic E-state index is -0.0236. The molecule has 5 nitrogen and oxygen atoms in total. The van der Waals surface area contributed by atoms with Crippen LogP contribution in [-0.2, 0) is 4.79 Å². The molecular formula is C24H36N2O3. The first kappa shape index (κ1) is 21.7. The van der Waals surface area contributed by atoms with Gasteiger partial charge in [-0.2, -0.15) is 0 Å². The molecule has 0 bridgehead atoms. The Morgan fingerprint density at radius 3 is 2.62 bits per heavy atom. The summed E-state index contributed by atoms with van der Waals surface area (Å²) in [5.41, 5.74) is 0.923. The first-order chi connectivity index (χ1) is 14.2. The van der Waals surface area contributed by atoms with E-state index < -0.39 is 0 Å². The number of likely N-dealkylation sites (tertiary alicyclic amines) is 1. The second-order valence-electron chi connectivity index (χ2n) is 8.33. The molecule has 1 aromatic carbocycles. The Morgan fingerprint density at radius 1 is 1.17 bits per heavy atom. The van der Waals surface area contributed by atoms with E-state index in [9.17, 15) is 4.79 Å². The number of carbonyl (C=O) groups excluding carboxylic acids is 1. The molecule has 1 aliphatic carbocycles. The normalized spacial score (nSPS) is 19.0. The van der Waals surface area contributed by atoms with Crippen LogP contribution >= 0.6 is 0 Å². The Kier molecular flexibility index (Phi) is 8.41. The van der Waals surface area contributed by atoms with Crippen molar-refractivity contribution in [3.05, 3.63) is 29.8 Å². The van der Waals surface area contributed by atoms with Crippen molar-refractivity contribution in [2.75, 3.05) is 33.4 Å². The summed E-state index contributed by atoms with van der Waals surface area (Å²) in [4.78, 5) is 14.9. The van der Waals surface area contributed by atoms with E-state index in [2.05, 4.69) is 17.1 Å². The molecule has 2 fully saturated rings. The van der Waals surface area contributed by atoms with Crippen LogP contribution in [-0.4, -0.2) is 50.2 Å². The number of nitrogens with one attached hydrogen (secondary N) is 1. The van der Waals surface area contributed by atoms with Crippen molar-refractivity contribution >= 4 is 12.0 Å². The topological polar surface area (TPSA) is 50.8 Å². The van der Waals surface area contributed by atoms with E-state index in [4.69, 9.17) is 9.47 Å². The van der Waals surface area contributed by atoms with Crippen molar-refractivity contribution in [2.24, 2.45) is 5.92 Å². The van der Waals surface area contributed by atoms with E-state index in [1.54, 1.807) is 13.2 Å². The Bertz CT molecular complexity index is 675. The number of nitrogens with zero attached hydrogens (tertiary/aromatic N) is 1. The molecule has 1 N–H and O–H groups in total. The van der Waals surface area contributed by atoms with Gasteiger partial charge in [0.2, 0.25) is 5.91 Å². The Balaban J connectivity index is 1.43. The Hall–Kier alpha value is -2.01. The van der Waals surface area contributed by atoms with Gasteiger partial charge in [0.05, 0.1) is 13.7 Å². The molecule has 5 heteroatoms. The van der Waals surface area contributed by atoms with Crippen LogP contribution in [0.2, 0.25) is 0 Å². The highest BCUT2D eigenvalue weighted by molar-refractivity contribution is 5.92. The average molecular weight is 401 g/mol. The molecule has 3 rings (SSSR count). The molecule has 0 spiro atoms. The molecule has 160 valence electrons. The van der Waals surface area contributed by atoms with Crippen LogP contribution in [0.3, 0.4) is 0 Å². The summed E-state index contributed by atoms with van der Waals surface area (Å²) in [7, 11) is 1.63. The van der Waals surface area contributed by atoms with E-state index in [0.717, 1.165) is 49.6 Å². The van der Waals surface area contributed by atoms with Gasteiger partial charge in [0.1, 0.15) is 0 Å². The zero-order valence-corrected chi connectivity index (χ0v) is 18.0. The molecule has 1 saturated carbocycles. The molecule has 2 aliphatic rings. The predicted octanol–water partition coefficient (Wildman–Crippen LogP) is 4.27. The van der Waals surface area contributed by atoms with E-state index in [1.807, 2.05) is 24.3 Å². The van der Waals surface area contributed by atoms with Crippen molar-refractivity contribution in [3.63, 3.8) is 0 Å². The minimum Gasteiger partial charge on any atom is -0.493 e. The lowest BCUT2D eigenvalue weighted by molar-refractivity contribution is -0.117. The number of amides is 1. The summed E-state index contributed by atoms with van der Waals surface area (Å²) in [6.07, 6.45) is 12.1. The molecule has 1 amide bonds. The zero-order valence-electron chi connectivity index (χ0n) is 18.0. The Morgan fingerprint density at radius 2 is 1.93 bits per heavy atom. The summed E-state index contributed by atoms with van der Waals surface area (Å²) in [6, 6.07) is 6.02. The van der Waals surface area contributed by atoms with Crippen molar-refractivity contribution in [1.29, 1.82) is 0 Å². The molecular weight excluding hydrogens is 364 g/mol.